The van der Waals surface area contributed by atoms with E-state index in [-0.39, 0.29) is 35.7 Å². The number of nitrogens with zero attached hydrogens (tertiary/aromatic N) is 4. The third kappa shape index (κ3) is 4.59. The molecule has 0 amide bonds. The highest BCUT2D eigenvalue weighted by atomic mass is 35.5. The van der Waals surface area contributed by atoms with Gasteiger partial charge >= 0.3 is 12.1 Å². The SMILES string of the molecule is CCOC(=O)[C@H](Cc1ccc(-n2c(C(F)(F)F)nc3cccnc32)cc1)N=C1C(Cl)C(=O)C12CCCCC2. The molecule has 1 unspecified atom stereocenters. The van der Waals surface area contributed by atoms with Crippen molar-refractivity contribution in [2.24, 2.45) is 10.4 Å². The number of Topliss-reactive ketones (excluding diaryl/α,β-unsaturated/α-hetero) is 1. The molecule has 0 aliphatic heterocycles. The molecule has 11 heteroatoms. The third-order valence-corrected chi connectivity index (χ3v) is 7.69. The molecule has 0 N–H and O–H groups in total. The molecule has 2 fully saturated rings. The molecular formula is C27H26ClF3N4O3. The molecule has 2 aromatic heterocycles. The predicted molar refractivity (Wildman–Crippen MR) is 136 cm³/mol. The van der Waals surface area contributed by atoms with Crippen LogP contribution in [-0.4, -0.2) is 50.0 Å². The van der Waals surface area contributed by atoms with Gasteiger partial charge in [0.15, 0.2) is 17.5 Å². The van der Waals surface area contributed by atoms with Gasteiger partial charge in [-0.25, -0.2) is 14.8 Å². The van der Waals surface area contributed by atoms with Crippen LogP contribution in [0.3, 0.4) is 0 Å². The van der Waals surface area contributed by atoms with E-state index in [0.29, 0.717) is 24.1 Å². The van der Waals surface area contributed by atoms with Crippen LogP contribution in [0.2, 0.25) is 0 Å². The topological polar surface area (TPSA) is 86.4 Å². The first-order valence-electron chi connectivity index (χ1n) is 12.6. The Kier molecular flexibility index (Phi) is 7.02. The Labute approximate surface area is 222 Å². The lowest BCUT2D eigenvalue weighted by atomic mass is 9.58. The summed E-state index contributed by atoms with van der Waals surface area (Å²) in [7, 11) is 0. The number of halogens is 4. The molecule has 2 atom stereocenters. The van der Waals surface area contributed by atoms with E-state index in [1.54, 1.807) is 19.1 Å². The summed E-state index contributed by atoms with van der Waals surface area (Å²) >= 11 is 6.36. The van der Waals surface area contributed by atoms with Crippen molar-refractivity contribution in [3.8, 4) is 5.69 Å². The fourth-order valence-corrected chi connectivity index (χ4v) is 5.92. The maximum Gasteiger partial charge on any atom is 0.450 e. The molecular weight excluding hydrogens is 521 g/mol. The first-order valence-corrected chi connectivity index (χ1v) is 13.0. The van der Waals surface area contributed by atoms with E-state index >= 15 is 0 Å². The number of aromatic nitrogens is 3. The van der Waals surface area contributed by atoms with E-state index in [2.05, 4.69) is 15.0 Å². The van der Waals surface area contributed by atoms with E-state index in [0.717, 1.165) is 23.8 Å². The molecule has 2 heterocycles. The second-order valence-corrected chi connectivity index (χ2v) is 10.1. The number of pyridine rings is 1. The van der Waals surface area contributed by atoms with E-state index in [4.69, 9.17) is 16.3 Å². The number of hydrogen-bond acceptors (Lipinski definition) is 6. The minimum atomic E-state index is -4.68. The highest BCUT2D eigenvalue weighted by Gasteiger charge is 2.58. The maximum atomic E-state index is 13.7. The number of imidazole rings is 1. The summed E-state index contributed by atoms with van der Waals surface area (Å²) in [6.07, 6.45) is 1.06. The van der Waals surface area contributed by atoms with E-state index in [1.807, 2.05) is 0 Å². The zero-order chi connectivity index (χ0) is 27.1. The van der Waals surface area contributed by atoms with Gasteiger partial charge in [-0.2, -0.15) is 13.2 Å². The number of carbonyl (C=O) groups is 2. The van der Waals surface area contributed by atoms with Crippen LogP contribution in [-0.2, 0) is 26.9 Å². The lowest BCUT2D eigenvalue weighted by Gasteiger charge is -2.47. The van der Waals surface area contributed by atoms with Crippen LogP contribution in [0.1, 0.15) is 50.4 Å². The highest BCUT2D eigenvalue weighted by molar-refractivity contribution is 6.54. The van der Waals surface area contributed by atoms with Crippen molar-refractivity contribution in [1.29, 1.82) is 0 Å². The Morgan fingerprint density at radius 1 is 1.21 bits per heavy atom. The van der Waals surface area contributed by atoms with E-state index in [1.165, 1.54) is 30.5 Å². The molecule has 2 saturated carbocycles. The van der Waals surface area contributed by atoms with Gasteiger partial charge in [0, 0.05) is 18.3 Å². The number of aliphatic imine (C=N–C) groups is 1. The molecule has 0 radical (unpaired) electrons. The molecule has 38 heavy (non-hydrogen) atoms. The van der Waals surface area contributed by atoms with Crippen molar-refractivity contribution in [2.45, 2.75) is 63.0 Å². The number of alkyl halides is 4. The molecule has 3 aromatic rings. The summed E-state index contributed by atoms with van der Waals surface area (Å²) in [5, 5.41) is -0.852. The Hall–Kier alpha value is -3.27. The van der Waals surface area contributed by atoms with Gasteiger partial charge in [0.2, 0.25) is 5.82 Å². The lowest BCUT2D eigenvalue weighted by Crippen LogP contribution is -2.61. The van der Waals surface area contributed by atoms with Gasteiger partial charge in [0.1, 0.15) is 10.9 Å². The Morgan fingerprint density at radius 3 is 2.58 bits per heavy atom. The normalized spacial score (nSPS) is 21.0. The quantitative estimate of drug-likeness (QED) is 0.301. The average Bonchev–Trinajstić information content (AvgIpc) is 3.32. The van der Waals surface area contributed by atoms with Gasteiger partial charge in [0.25, 0.3) is 0 Å². The molecule has 200 valence electrons. The largest absolute Gasteiger partial charge is 0.464 e. The van der Waals surface area contributed by atoms with Crippen molar-refractivity contribution >= 4 is 40.2 Å². The first kappa shape index (κ1) is 26.3. The smallest absolute Gasteiger partial charge is 0.450 e. The summed E-state index contributed by atoms with van der Waals surface area (Å²) in [5.41, 5.74) is 0.963. The van der Waals surface area contributed by atoms with Gasteiger partial charge in [-0.1, -0.05) is 31.4 Å². The summed E-state index contributed by atoms with van der Waals surface area (Å²) in [5.74, 6) is -1.65. The van der Waals surface area contributed by atoms with Crippen LogP contribution in [0.15, 0.2) is 47.6 Å². The molecule has 1 aromatic carbocycles. The summed E-state index contributed by atoms with van der Waals surface area (Å²) < 4.78 is 47.4. The molecule has 2 aliphatic carbocycles. The fraction of sp³-hybridized carbons (Fsp3) is 0.444. The van der Waals surface area contributed by atoms with Crippen LogP contribution in [0.4, 0.5) is 13.2 Å². The zero-order valence-electron chi connectivity index (χ0n) is 20.7. The second kappa shape index (κ2) is 10.1. The Morgan fingerprint density at radius 2 is 1.92 bits per heavy atom. The van der Waals surface area contributed by atoms with Crippen LogP contribution in [0.25, 0.3) is 16.9 Å². The number of rotatable bonds is 6. The van der Waals surface area contributed by atoms with Gasteiger partial charge in [-0.05, 0) is 49.6 Å². The van der Waals surface area contributed by atoms with Crippen molar-refractivity contribution in [2.75, 3.05) is 6.61 Å². The number of ether oxygens (including phenoxy) is 1. The number of ketones is 1. The maximum absolute atomic E-state index is 13.7. The Balaban J connectivity index is 1.46. The van der Waals surface area contributed by atoms with Crippen LogP contribution in [0.5, 0.6) is 0 Å². The summed E-state index contributed by atoms with van der Waals surface area (Å²) in [4.78, 5) is 38.0. The molecule has 0 saturated heterocycles. The van der Waals surface area contributed by atoms with Crippen molar-refractivity contribution in [3.63, 3.8) is 0 Å². The molecule has 0 bridgehead atoms. The zero-order valence-corrected chi connectivity index (χ0v) is 21.4. The van der Waals surface area contributed by atoms with Crippen LogP contribution in [0, 0.1) is 5.41 Å². The van der Waals surface area contributed by atoms with Crippen molar-refractivity contribution < 1.29 is 27.5 Å². The van der Waals surface area contributed by atoms with Gasteiger partial charge in [0.05, 0.1) is 17.7 Å². The molecule has 2 aliphatic rings. The highest BCUT2D eigenvalue weighted by Crippen LogP contribution is 2.49. The average molecular weight is 547 g/mol. The van der Waals surface area contributed by atoms with Crippen LogP contribution >= 0.6 is 11.6 Å². The number of esters is 1. The van der Waals surface area contributed by atoms with Gasteiger partial charge < -0.3 is 4.74 Å². The van der Waals surface area contributed by atoms with Gasteiger partial charge in [-0.15, -0.1) is 11.6 Å². The minimum absolute atomic E-state index is 0.0359. The first-order chi connectivity index (χ1) is 18.2. The molecule has 7 nitrogen and oxygen atoms in total. The number of carbonyl (C=O) groups excluding carboxylic acids is 2. The number of benzene rings is 1. The van der Waals surface area contributed by atoms with E-state index in [9.17, 15) is 22.8 Å². The fourth-order valence-electron chi connectivity index (χ4n) is 5.44. The van der Waals surface area contributed by atoms with Crippen molar-refractivity contribution in [3.05, 3.63) is 54.0 Å². The summed E-state index contributed by atoms with van der Waals surface area (Å²) in [6, 6.07) is 8.39. The number of fused-ring (bicyclic) bond motifs is 1. The Bertz CT molecular complexity index is 1390. The lowest BCUT2D eigenvalue weighted by molar-refractivity contribution is -0.146. The predicted octanol–water partition coefficient (Wildman–Crippen LogP) is 5.50. The van der Waals surface area contributed by atoms with Gasteiger partial charge in [-0.3, -0.25) is 14.4 Å². The van der Waals surface area contributed by atoms with Crippen molar-refractivity contribution in [1.82, 2.24) is 14.5 Å². The minimum Gasteiger partial charge on any atom is -0.464 e. The molecule has 5 rings (SSSR count). The van der Waals surface area contributed by atoms with E-state index < -0.39 is 34.8 Å². The molecule has 1 spiro atoms. The standard InChI is InChI=1S/C27H26ClF3N4O3/c1-2-38-24(37)19(33-21-20(28)22(36)26(21)12-4-3-5-13-26)15-16-8-10-17(11-9-16)35-23-18(7-6-14-32-23)34-25(35)27(29,30)31/h6-11,14,19-20H,2-5,12-13,15H2,1H3/t19-,20?/m0/s1. The second-order valence-electron chi connectivity index (χ2n) is 9.64. The monoisotopic (exact) mass is 546 g/mol. The number of hydrogen-bond donors (Lipinski definition) is 0. The van der Waals surface area contributed by atoms with Crippen LogP contribution < -0.4 is 0 Å². The third-order valence-electron chi connectivity index (χ3n) is 7.29. The summed E-state index contributed by atoms with van der Waals surface area (Å²) in [6.45, 7) is 1.85.